The SMILES string of the molecule is CN(C)c1ccc(-c2noc([C@@H]3CCCN3Cc3ccccc3)n2)cn1. The van der Waals surface area contributed by atoms with Gasteiger partial charge in [0.1, 0.15) is 5.82 Å². The quantitative estimate of drug-likeness (QED) is 0.702. The molecule has 3 aromatic rings. The lowest BCUT2D eigenvalue weighted by molar-refractivity contribution is 0.201. The first-order chi connectivity index (χ1) is 12.7. The number of rotatable bonds is 5. The lowest BCUT2D eigenvalue weighted by atomic mass is 10.2. The molecule has 0 unspecified atom stereocenters. The van der Waals surface area contributed by atoms with Crippen LogP contribution in [0.1, 0.15) is 30.3 Å². The van der Waals surface area contributed by atoms with Crippen LogP contribution < -0.4 is 4.90 Å². The molecule has 1 aliphatic heterocycles. The summed E-state index contributed by atoms with van der Waals surface area (Å²) in [7, 11) is 3.94. The van der Waals surface area contributed by atoms with Crippen molar-refractivity contribution in [2.24, 2.45) is 0 Å². The first kappa shape index (κ1) is 16.7. The third-order valence-electron chi connectivity index (χ3n) is 4.78. The number of pyridine rings is 1. The highest BCUT2D eigenvalue weighted by Crippen LogP contribution is 2.33. The van der Waals surface area contributed by atoms with E-state index in [1.165, 1.54) is 5.56 Å². The molecule has 6 nitrogen and oxygen atoms in total. The van der Waals surface area contributed by atoms with Crippen LogP contribution in [-0.4, -0.2) is 40.7 Å². The van der Waals surface area contributed by atoms with Gasteiger partial charge in [0.15, 0.2) is 0 Å². The summed E-state index contributed by atoms with van der Waals surface area (Å²) in [5.74, 6) is 2.21. The zero-order valence-electron chi connectivity index (χ0n) is 15.2. The van der Waals surface area contributed by atoms with Crippen molar-refractivity contribution in [1.82, 2.24) is 20.0 Å². The third-order valence-corrected chi connectivity index (χ3v) is 4.78. The molecule has 0 spiro atoms. The number of likely N-dealkylation sites (tertiary alicyclic amines) is 1. The predicted molar refractivity (Wildman–Crippen MR) is 101 cm³/mol. The minimum atomic E-state index is 0.186. The second-order valence-corrected chi connectivity index (χ2v) is 6.87. The van der Waals surface area contributed by atoms with Crippen molar-refractivity contribution in [3.63, 3.8) is 0 Å². The summed E-state index contributed by atoms with van der Waals surface area (Å²) >= 11 is 0. The number of hydrogen-bond donors (Lipinski definition) is 0. The molecule has 26 heavy (non-hydrogen) atoms. The molecule has 4 rings (SSSR count). The van der Waals surface area contributed by atoms with Crippen LogP contribution in [0.4, 0.5) is 5.82 Å². The van der Waals surface area contributed by atoms with Crippen molar-refractivity contribution in [2.45, 2.75) is 25.4 Å². The van der Waals surface area contributed by atoms with Gasteiger partial charge in [0.05, 0.1) is 6.04 Å². The Hall–Kier alpha value is -2.73. The number of hydrogen-bond acceptors (Lipinski definition) is 6. The Kier molecular flexibility index (Phi) is 4.67. The lowest BCUT2D eigenvalue weighted by Crippen LogP contribution is -2.22. The Morgan fingerprint density at radius 2 is 2.00 bits per heavy atom. The van der Waals surface area contributed by atoms with Crippen LogP contribution in [0.25, 0.3) is 11.4 Å². The normalized spacial score (nSPS) is 17.5. The van der Waals surface area contributed by atoms with Gasteiger partial charge in [0.25, 0.3) is 0 Å². The number of benzene rings is 1. The molecule has 2 aromatic heterocycles. The summed E-state index contributed by atoms with van der Waals surface area (Å²) in [5.41, 5.74) is 2.18. The van der Waals surface area contributed by atoms with E-state index in [1.54, 1.807) is 6.20 Å². The minimum absolute atomic E-state index is 0.186. The van der Waals surface area contributed by atoms with E-state index >= 15 is 0 Å². The van der Waals surface area contributed by atoms with Gasteiger partial charge in [0, 0.05) is 32.4 Å². The van der Waals surface area contributed by atoms with Crippen molar-refractivity contribution in [1.29, 1.82) is 0 Å². The molecule has 134 valence electrons. The second-order valence-electron chi connectivity index (χ2n) is 6.87. The molecule has 0 aliphatic carbocycles. The largest absolute Gasteiger partial charge is 0.363 e. The van der Waals surface area contributed by atoms with E-state index in [1.807, 2.05) is 37.2 Å². The van der Waals surface area contributed by atoms with E-state index in [0.29, 0.717) is 11.7 Å². The highest BCUT2D eigenvalue weighted by Gasteiger charge is 2.30. The van der Waals surface area contributed by atoms with Crippen molar-refractivity contribution in [3.05, 3.63) is 60.1 Å². The van der Waals surface area contributed by atoms with Gasteiger partial charge in [-0.25, -0.2) is 4.98 Å². The fourth-order valence-electron chi connectivity index (χ4n) is 3.38. The summed E-state index contributed by atoms with van der Waals surface area (Å²) in [6.07, 6.45) is 3.99. The molecule has 1 aliphatic rings. The molecular formula is C20H23N5O. The molecule has 0 saturated carbocycles. The first-order valence-corrected chi connectivity index (χ1v) is 8.96. The summed E-state index contributed by atoms with van der Waals surface area (Å²) in [6, 6.07) is 14.6. The molecule has 1 saturated heterocycles. The van der Waals surface area contributed by atoms with Gasteiger partial charge < -0.3 is 9.42 Å². The lowest BCUT2D eigenvalue weighted by Gasteiger charge is -2.21. The standard InChI is InChI=1S/C20H23N5O/c1-24(2)18-11-10-16(13-21-18)19-22-20(26-23-19)17-9-6-12-25(17)14-15-7-4-3-5-8-15/h3-5,7-8,10-11,13,17H,6,9,12,14H2,1-2H3/t17-/m0/s1. The van der Waals surface area contributed by atoms with Crippen LogP contribution in [0.3, 0.4) is 0 Å². The summed E-state index contributed by atoms with van der Waals surface area (Å²) in [5, 5.41) is 4.18. The topological polar surface area (TPSA) is 58.3 Å². The van der Waals surface area contributed by atoms with Crippen molar-refractivity contribution >= 4 is 5.82 Å². The average Bonchev–Trinajstić information content (AvgIpc) is 3.32. The molecule has 1 atom stereocenters. The van der Waals surface area contributed by atoms with Crippen LogP contribution in [0, 0.1) is 0 Å². The number of aromatic nitrogens is 3. The van der Waals surface area contributed by atoms with Gasteiger partial charge in [-0.2, -0.15) is 4.98 Å². The van der Waals surface area contributed by atoms with Crippen molar-refractivity contribution in [3.8, 4) is 11.4 Å². The van der Waals surface area contributed by atoms with Crippen LogP contribution in [-0.2, 0) is 6.54 Å². The van der Waals surface area contributed by atoms with Crippen LogP contribution in [0.2, 0.25) is 0 Å². The molecule has 0 radical (unpaired) electrons. The van der Waals surface area contributed by atoms with Gasteiger partial charge in [-0.1, -0.05) is 35.5 Å². The molecule has 3 heterocycles. The maximum absolute atomic E-state index is 5.61. The predicted octanol–water partition coefficient (Wildman–Crippen LogP) is 3.53. The van der Waals surface area contributed by atoms with Gasteiger partial charge in [-0.15, -0.1) is 0 Å². The highest BCUT2D eigenvalue weighted by molar-refractivity contribution is 5.55. The number of anilines is 1. The zero-order chi connectivity index (χ0) is 17.9. The van der Waals surface area contributed by atoms with E-state index in [2.05, 4.69) is 44.3 Å². The van der Waals surface area contributed by atoms with Gasteiger partial charge in [-0.3, -0.25) is 4.90 Å². The molecule has 1 aromatic carbocycles. The van der Waals surface area contributed by atoms with Gasteiger partial charge in [-0.05, 0) is 37.1 Å². The van der Waals surface area contributed by atoms with Gasteiger partial charge in [0.2, 0.25) is 11.7 Å². The van der Waals surface area contributed by atoms with E-state index in [4.69, 9.17) is 4.52 Å². The van der Waals surface area contributed by atoms with E-state index in [0.717, 1.165) is 37.3 Å². The zero-order valence-corrected chi connectivity index (χ0v) is 15.2. The fourth-order valence-corrected chi connectivity index (χ4v) is 3.38. The van der Waals surface area contributed by atoms with E-state index < -0.39 is 0 Å². The Bertz CT molecular complexity index is 844. The number of nitrogens with zero attached hydrogens (tertiary/aromatic N) is 5. The molecule has 0 amide bonds. The maximum atomic E-state index is 5.61. The highest BCUT2D eigenvalue weighted by atomic mass is 16.5. The maximum Gasteiger partial charge on any atom is 0.244 e. The molecular weight excluding hydrogens is 326 g/mol. The summed E-state index contributed by atoms with van der Waals surface area (Å²) < 4.78 is 5.61. The van der Waals surface area contributed by atoms with Crippen LogP contribution >= 0.6 is 0 Å². The Morgan fingerprint density at radius 3 is 2.73 bits per heavy atom. The van der Waals surface area contributed by atoms with Crippen LogP contribution in [0.5, 0.6) is 0 Å². The van der Waals surface area contributed by atoms with E-state index in [-0.39, 0.29) is 6.04 Å². The molecule has 0 bridgehead atoms. The average molecular weight is 349 g/mol. The minimum Gasteiger partial charge on any atom is -0.363 e. The smallest absolute Gasteiger partial charge is 0.244 e. The first-order valence-electron chi connectivity index (χ1n) is 8.96. The van der Waals surface area contributed by atoms with Crippen molar-refractivity contribution < 1.29 is 4.52 Å². The third kappa shape index (κ3) is 3.46. The summed E-state index contributed by atoms with van der Waals surface area (Å²) in [6.45, 7) is 1.96. The Balaban J connectivity index is 1.51. The molecule has 6 heteroatoms. The van der Waals surface area contributed by atoms with Crippen LogP contribution in [0.15, 0.2) is 53.2 Å². The molecule has 0 N–H and O–H groups in total. The second kappa shape index (κ2) is 7.25. The van der Waals surface area contributed by atoms with Crippen molar-refractivity contribution in [2.75, 3.05) is 25.5 Å². The molecule has 1 fully saturated rings. The Morgan fingerprint density at radius 1 is 1.15 bits per heavy atom. The Labute approximate surface area is 153 Å². The fraction of sp³-hybridized carbons (Fsp3) is 0.350. The van der Waals surface area contributed by atoms with Gasteiger partial charge >= 0.3 is 0 Å². The summed E-state index contributed by atoms with van der Waals surface area (Å²) in [4.78, 5) is 13.5. The monoisotopic (exact) mass is 349 g/mol. The van der Waals surface area contributed by atoms with E-state index in [9.17, 15) is 0 Å².